The monoisotopic (exact) mass is 368 g/mol. The maximum absolute atomic E-state index is 2.64. The number of aryl methyl sites for hydroxylation is 1. The molecule has 0 atom stereocenters. The van der Waals surface area contributed by atoms with Crippen LogP contribution >= 0.6 is 11.8 Å². The molecular formula is C22H30N3S+. The summed E-state index contributed by atoms with van der Waals surface area (Å²) in [7, 11) is 4.69. The van der Waals surface area contributed by atoms with Crippen molar-refractivity contribution in [3.05, 3.63) is 48.0 Å². The van der Waals surface area contributed by atoms with E-state index in [4.69, 9.17) is 0 Å². The molecule has 26 heavy (non-hydrogen) atoms. The number of fused-ring (bicyclic) bond motifs is 2. The van der Waals surface area contributed by atoms with Crippen molar-refractivity contribution in [1.29, 1.82) is 0 Å². The summed E-state index contributed by atoms with van der Waals surface area (Å²) >= 11 is 1.90. The number of benzene rings is 2. The van der Waals surface area contributed by atoms with Crippen molar-refractivity contribution >= 4 is 23.1 Å². The third-order valence-corrected chi connectivity index (χ3v) is 6.81. The zero-order chi connectivity index (χ0) is 18.1. The third-order valence-electron chi connectivity index (χ3n) is 5.68. The maximum atomic E-state index is 2.64. The third kappa shape index (κ3) is 3.78. The molecule has 0 aromatic heterocycles. The van der Waals surface area contributed by atoms with Crippen LogP contribution in [0.4, 0.5) is 11.4 Å². The minimum Gasteiger partial charge on any atom is -0.340 e. The molecule has 0 spiro atoms. The first-order chi connectivity index (χ1) is 12.5. The summed E-state index contributed by atoms with van der Waals surface area (Å²) in [5.74, 6) is 0. The molecule has 3 nitrogen and oxygen atoms in total. The summed E-state index contributed by atoms with van der Waals surface area (Å²) in [5.41, 5.74) is 4.09. The van der Waals surface area contributed by atoms with Gasteiger partial charge in [0.25, 0.3) is 0 Å². The fourth-order valence-corrected chi connectivity index (χ4v) is 4.98. The van der Waals surface area contributed by atoms with Crippen LogP contribution in [0, 0.1) is 6.92 Å². The van der Waals surface area contributed by atoms with Crippen LogP contribution in [0.1, 0.15) is 12.0 Å². The fourth-order valence-electron chi connectivity index (χ4n) is 3.90. The highest BCUT2D eigenvalue weighted by atomic mass is 32.2. The van der Waals surface area contributed by atoms with Crippen molar-refractivity contribution in [3.63, 3.8) is 0 Å². The van der Waals surface area contributed by atoms with Crippen LogP contribution in [0.5, 0.6) is 0 Å². The average Bonchev–Trinajstić information content (AvgIpc) is 2.63. The standard InChI is InChI=1S/C22H30N3S/c1-18-9-10-22-20(17-18)24(19-7-4-5-8-21(19)26-22)12-6-11-23-13-15-25(2,3)16-14-23/h4-5,7-10,17H,6,11-16H2,1-3H3/q+1. The lowest BCUT2D eigenvalue weighted by atomic mass is 10.1. The second kappa shape index (κ2) is 7.26. The Morgan fingerprint density at radius 3 is 2.46 bits per heavy atom. The molecule has 1 fully saturated rings. The summed E-state index contributed by atoms with van der Waals surface area (Å²) in [6.45, 7) is 9.48. The van der Waals surface area contributed by atoms with E-state index in [1.54, 1.807) is 0 Å². The molecule has 2 aliphatic heterocycles. The van der Waals surface area contributed by atoms with Crippen LogP contribution in [0.2, 0.25) is 0 Å². The summed E-state index contributed by atoms with van der Waals surface area (Å²) in [4.78, 5) is 7.94. The van der Waals surface area contributed by atoms with Gasteiger partial charge in [-0.25, -0.2) is 0 Å². The Bertz CT molecular complexity index is 777. The summed E-state index contributed by atoms with van der Waals surface area (Å²) in [6, 6.07) is 15.7. The van der Waals surface area contributed by atoms with Gasteiger partial charge in [0.15, 0.2) is 0 Å². The Hall–Kier alpha value is -1.49. The minimum atomic E-state index is 1.09. The van der Waals surface area contributed by atoms with Crippen LogP contribution in [-0.4, -0.2) is 62.7 Å². The van der Waals surface area contributed by atoms with Crippen molar-refractivity contribution in [2.45, 2.75) is 23.1 Å². The Labute approximate surface area is 162 Å². The van der Waals surface area contributed by atoms with E-state index in [2.05, 4.69) is 73.3 Å². The van der Waals surface area contributed by atoms with Crippen LogP contribution in [-0.2, 0) is 0 Å². The number of rotatable bonds is 4. The van der Waals surface area contributed by atoms with Crippen molar-refractivity contribution in [2.24, 2.45) is 0 Å². The van der Waals surface area contributed by atoms with Gasteiger partial charge in [0.05, 0.1) is 38.6 Å². The van der Waals surface area contributed by atoms with Gasteiger partial charge in [-0.1, -0.05) is 30.0 Å². The van der Waals surface area contributed by atoms with Crippen LogP contribution in [0.25, 0.3) is 0 Å². The minimum absolute atomic E-state index is 1.09. The second-order valence-electron chi connectivity index (χ2n) is 8.27. The number of hydrogen-bond donors (Lipinski definition) is 0. The lowest BCUT2D eigenvalue weighted by Crippen LogP contribution is -2.54. The van der Waals surface area contributed by atoms with Gasteiger partial charge in [0, 0.05) is 36.0 Å². The zero-order valence-electron chi connectivity index (χ0n) is 16.2. The van der Waals surface area contributed by atoms with E-state index in [9.17, 15) is 0 Å². The Balaban J connectivity index is 1.47. The van der Waals surface area contributed by atoms with E-state index in [1.165, 1.54) is 70.4 Å². The molecule has 2 heterocycles. The molecule has 4 rings (SSSR count). The number of likely N-dealkylation sites (N-methyl/N-ethyl adjacent to an activating group) is 1. The van der Waals surface area contributed by atoms with Gasteiger partial charge in [0.2, 0.25) is 0 Å². The molecule has 0 N–H and O–H groups in total. The molecule has 2 aromatic rings. The predicted octanol–water partition coefficient (Wildman–Crippen LogP) is 4.38. The first kappa shape index (κ1) is 17.9. The lowest BCUT2D eigenvalue weighted by molar-refractivity contribution is -0.894. The van der Waals surface area contributed by atoms with Gasteiger partial charge in [-0.3, -0.25) is 4.90 Å². The number of para-hydroxylation sites is 1. The molecule has 4 heteroatoms. The topological polar surface area (TPSA) is 6.48 Å². The maximum Gasteiger partial charge on any atom is 0.0912 e. The van der Waals surface area contributed by atoms with Gasteiger partial charge in [-0.05, 0) is 43.2 Å². The Kier molecular flexibility index (Phi) is 5.00. The molecular weight excluding hydrogens is 338 g/mol. The molecule has 2 aliphatic rings. The number of nitrogens with zero attached hydrogens (tertiary/aromatic N) is 3. The lowest BCUT2D eigenvalue weighted by Gasteiger charge is -2.39. The summed E-state index contributed by atoms with van der Waals surface area (Å²) in [5, 5.41) is 0. The highest BCUT2D eigenvalue weighted by Crippen LogP contribution is 2.48. The highest BCUT2D eigenvalue weighted by molar-refractivity contribution is 7.99. The van der Waals surface area contributed by atoms with Crippen LogP contribution in [0.3, 0.4) is 0 Å². The van der Waals surface area contributed by atoms with E-state index in [0.29, 0.717) is 0 Å². The molecule has 0 radical (unpaired) electrons. The normalized spacial score (nSPS) is 19.1. The van der Waals surface area contributed by atoms with Gasteiger partial charge in [-0.15, -0.1) is 0 Å². The van der Waals surface area contributed by atoms with Crippen molar-refractivity contribution in [1.82, 2.24) is 4.90 Å². The van der Waals surface area contributed by atoms with E-state index in [-0.39, 0.29) is 0 Å². The average molecular weight is 369 g/mol. The van der Waals surface area contributed by atoms with Crippen LogP contribution in [0.15, 0.2) is 52.3 Å². The smallest absolute Gasteiger partial charge is 0.0912 e. The van der Waals surface area contributed by atoms with Gasteiger partial charge in [-0.2, -0.15) is 0 Å². The molecule has 2 aromatic carbocycles. The van der Waals surface area contributed by atoms with Gasteiger partial charge in [0.1, 0.15) is 0 Å². The fraction of sp³-hybridized carbons (Fsp3) is 0.455. The van der Waals surface area contributed by atoms with E-state index in [1.807, 2.05) is 11.8 Å². The van der Waals surface area contributed by atoms with Crippen LogP contribution < -0.4 is 4.90 Å². The molecule has 0 aliphatic carbocycles. The molecule has 0 amide bonds. The highest BCUT2D eigenvalue weighted by Gasteiger charge is 2.25. The van der Waals surface area contributed by atoms with Crippen molar-refractivity contribution < 1.29 is 4.48 Å². The van der Waals surface area contributed by atoms with Gasteiger partial charge >= 0.3 is 0 Å². The first-order valence-electron chi connectivity index (χ1n) is 9.71. The van der Waals surface area contributed by atoms with E-state index < -0.39 is 0 Å². The quantitative estimate of drug-likeness (QED) is 0.740. The van der Waals surface area contributed by atoms with E-state index >= 15 is 0 Å². The summed E-state index contributed by atoms with van der Waals surface area (Å²) in [6.07, 6.45) is 1.21. The first-order valence-corrected chi connectivity index (χ1v) is 10.5. The number of piperazine rings is 1. The SMILES string of the molecule is Cc1ccc2c(c1)N(CCCN1CC[N+](C)(C)CC1)c1ccccc1S2. The molecule has 0 unspecified atom stereocenters. The number of hydrogen-bond acceptors (Lipinski definition) is 3. The van der Waals surface area contributed by atoms with Crippen molar-refractivity contribution in [2.75, 3.05) is 58.3 Å². The van der Waals surface area contributed by atoms with E-state index in [0.717, 1.165) is 6.54 Å². The van der Waals surface area contributed by atoms with Crippen molar-refractivity contribution in [3.8, 4) is 0 Å². The Morgan fingerprint density at radius 2 is 1.65 bits per heavy atom. The predicted molar refractivity (Wildman–Crippen MR) is 112 cm³/mol. The molecule has 0 saturated carbocycles. The molecule has 1 saturated heterocycles. The second-order valence-corrected chi connectivity index (χ2v) is 9.35. The number of quaternary nitrogens is 1. The van der Waals surface area contributed by atoms with Gasteiger partial charge < -0.3 is 9.38 Å². The molecule has 0 bridgehead atoms. The Morgan fingerprint density at radius 1 is 0.923 bits per heavy atom. The number of anilines is 2. The summed E-state index contributed by atoms with van der Waals surface area (Å²) < 4.78 is 1.17. The zero-order valence-corrected chi connectivity index (χ0v) is 17.1. The molecule has 138 valence electrons. The largest absolute Gasteiger partial charge is 0.340 e.